The first-order chi connectivity index (χ1) is 9.47. The molecule has 7 heteroatoms. The summed E-state index contributed by atoms with van der Waals surface area (Å²) >= 11 is 3.10. The van der Waals surface area contributed by atoms with Crippen LogP contribution in [0.3, 0.4) is 0 Å². The molecule has 0 unspecified atom stereocenters. The first-order valence-corrected chi connectivity index (χ1v) is 8.72. The Bertz CT molecular complexity index is 455. The highest BCUT2D eigenvalue weighted by Crippen LogP contribution is 2.21. The summed E-state index contributed by atoms with van der Waals surface area (Å²) in [6.07, 6.45) is 2.96. The van der Waals surface area contributed by atoms with Gasteiger partial charge in [-0.05, 0) is 32.3 Å². The van der Waals surface area contributed by atoms with Crippen molar-refractivity contribution >= 4 is 40.0 Å². The van der Waals surface area contributed by atoms with Crippen molar-refractivity contribution in [2.24, 2.45) is 0 Å². The third-order valence-electron chi connectivity index (χ3n) is 2.84. The van der Waals surface area contributed by atoms with Crippen LogP contribution in [0.2, 0.25) is 0 Å². The molecule has 1 aromatic heterocycles. The number of amides is 2. The van der Waals surface area contributed by atoms with Crippen LogP contribution in [-0.4, -0.2) is 34.8 Å². The molecule has 1 heterocycles. The lowest BCUT2D eigenvalue weighted by Gasteiger charge is -2.16. The number of anilines is 1. The lowest BCUT2D eigenvalue weighted by Crippen LogP contribution is -2.43. The number of carbonyl (C=O) groups is 2. The van der Waals surface area contributed by atoms with Crippen molar-refractivity contribution in [3.8, 4) is 0 Å². The maximum Gasteiger partial charge on any atom is 0.248 e. The second-order valence-corrected chi connectivity index (χ2v) is 6.59. The topological polar surface area (TPSA) is 71.1 Å². The van der Waals surface area contributed by atoms with E-state index in [2.05, 4.69) is 15.6 Å². The van der Waals surface area contributed by atoms with E-state index in [4.69, 9.17) is 0 Å². The standard InChI is InChI=1S/C13H21N3O2S2/c1-5-11(17)15-10(6-7-19-4)12(18)16-13-14-8(2)9(3)20-13/h10H,5-7H2,1-4H3,(H,15,17)(H,14,16,18)/t10-/m0/s1. The highest BCUT2D eigenvalue weighted by Gasteiger charge is 2.21. The van der Waals surface area contributed by atoms with Crippen LogP contribution in [-0.2, 0) is 9.59 Å². The first kappa shape index (κ1) is 17.0. The van der Waals surface area contributed by atoms with Crippen molar-refractivity contribution < 1.29 is 9.59 Å². The Morgan fingerprint density at radius 3 is 2.60 bits per heavy atom. The molecule has 0 aliphatic rings. The van der Waals surface area contributed by atoms with Gasteiger partial charge in [-0.3, -0.25) is 9.59 Å². The third-order valence-corrected chi connectivity index (χ3v) is 4.47. The average molecular weight is 315 g/mol. The number of nitrogens with one attached hydrogen (secondary N) is 2. The van der Waals surface area contributed by atoms with Crippen molar-refractivity contribution in [1.82, 2.24) is 10.3 Å². The van der Waals surface area contributed by atoms with E-state index in [9.17, 15) is 9.59 Å². The van der Waals surface area contributed by atoms with Crippen LogP contribution in [0.4, 0.5) is 5.13 Å². The van der Waals surface area contributed by atoms with Crippen molar-refractivity contribution in [1.29, 1.82) is 0 Å². The van der Waals surface area contributed by atoms with Crippen molar-refractivity contribution in [3.05, 3.63) is 10.6 Å². The van der Waals surface area contributed by atoms with Gasteiger partial charge in [0.1, 0.15) is 6.04 Å². The van der Waals surface area contributed by atoms with Crippen molar-refractivity contribution in [2.75, 3.05) is 17.3 Å². The van der Waals surface area contributed by atoms with Crippen LogP contribution in [0.5, 0.6) is 0 Å². The van der Waals surface area contributed by atoms with Gasteiger partial charge in [0.15, 0.2) is 5.13 Å². The quantitative estimate of drug-likeness (QED) is 0.810. The average Bonchev–Trinajstić information content (AvgIpc) is 2.72. The molecule has 2 amide bonds. The van der Waals surface area contributed by atoms with E-state index in [1.807, 2.05) is 20.1 Å². The van der Waals surface area contributed by atoms with Gasteiger partial charge < -0.3 is 10.6 Å². The molecule has 0 aromatic carbocycles. The maximum atomic E-state index is 12.2. The number of nitrogens with zero attached hydrogens (tertiary/aromatic N) is 1. The number of hydrogen-bond donors (Lipinski definition) is 2. The number of carbonyl (C=O) groups excluding carboxylic acids is 2. The molecule has 0 spiro atoms. The number of thiazole rings is 1. The van der Waals surface area contributed by atoms with Crippen molar-refractivity contribution in [3.63, 3.8) is 0 Å². The van der Waals surface area contributed by atoms with Crippen LogP contribution in [0.1, 0.15) is 30.3 Å². The number of thioether (sulfide) groups is 1. The Morgan fingerprint density at radius 2 is 2.10 bits per heavy atom. The Kier molecular flexibility index (Phi) is 7.01. The maximum absolute atomic E-state index is 12.2. The molecule has 112 valence electrons. The summed E-state index contributed by atoms with van der Waals surface area (Å²) in [5.41, 5.74) is 0.920. The fourth-order valence-corrected chi connectivity index (χ4v) is 2.81. The highest BCUT2D eigenvalue weighted by molar-refractivity contribution is 7.98. The second kappa shape index (κ2) is 8.26. The van der Waals surface area contributed by atoms with Crippen LogP contribution >= 0.6 is 23.1 Å². The van der Waals surface area contributed by atoms with Gasteiger partial charge in [0, 0.05) is 11.3 Å². The highest BCUT2D eigenvalue weighted by atomic mass is 32.2. The predicted molar refractivity (Wildman–Crippen MR) is 85.4 cm³/mol. The zero-order chi connectivity index (χ0) is 15.1. The third kappa shape index (κ3) is 5.13. The van der Waals surface area contributed by atoms with E-state index in [1.54, 1.807) is 18.7 Å². The summed E-state index contributed by atoms with van der Waals surface area (Å²) in [7, 11) is 0. The molecule has 5 nitrogen and oxygen atoms in total. The zero-order valence-corrected chi connectivity index (χ0v) is 13.9. The first-order valence-electron chi connectivity index (χ1n) is 6.51. The van der Waals surface area contributed by atoms with Crippen molar-refractivity contribution in [2.45, 2.75) is 39.7 Å². The lowest BCUT2D eigenvalue weighted by atomic mass is 10.2. The van der Waals surface area contributed by atoms with Gasteiger partial charge >= 0.3 is 0 Å². The summed E-state index contributed by atoms with van der Waals surface area (Å²) in [4.78, 5) is 29.1. The minimum absolute atomic E-state index is 0.113. The van der Waals surface area contributed by atoms with Gasteiger partial charge in [-0.25, -0.2) is 4.98 Å². The Morgan fingerprint density at radius 1 is 1.40 bits per heavy atom. The van der Waals surface area contributed by atoms with E-state index < -0.39 is 6.04 Å². The molecule has 0 fully saturated rings. The van der Waals surface area contributed by atoms with Crippen LogP contribution in [0.15, 0.2) is 0 Å². The molecular formula is C13H21N3O2S2. The van der Waals surface area contributed by atoms with E-state index in [1.165, 1.54) is 11.3 Å². The van der Waals surface area contributed by atoms with Crippen LogP contribution in [0, 0.1) is 13.8 Å². The van der Waals surface area contributed by atoms with E-state index in [0.717, 1.165) is 16.3 Å². The minimum Gasteiger partial charge on any atom is -0.344 e. The molecule has 0 bridgehead atoms. The normalized spacial score (nSPS) is 12.0. The molecule has 1 atom stereocenters. The smallest absolute Gasteiger partial charge is 0.248 e. The lowest BCUT2D eigenvalue weighted by molar-refractivity contribution is -0.126. The van der Waals surface area contributed by atoms with Crippen LogP contribution < -0.4 is 10.6 Å². The van der Waals surface area contributed by atoms with Crippen LogP contribution in [0.25, 0.3) is 0 Å². The molecule has 0 saturated carbocycles. The Labute approximate surface area is 127 Å². The number of hydrogen-bond acceptors (Lipinski definition) is 5. The molecule has 20 heavy (non-hydrogen) atoms. The van der Waals surface area contributed by atoms with Gasteiger partial charge in [-0.1, -0.05) is 6.92 Å². The fourth-order valence-electron chi connectivity index (χ4n) is 1.52. The molecule has 0 radical (unpaired) electrons. The van der Waals surface area contributed by atoms with Gasteiger partial charge in [0.05, 0.1) is 5.69 Å². The number of rotatable bonds is 7. The summed E-state index contributed by atoms with van der Waals surface area (Å²) in [6.45, 7) is 5.64. The zero-order valence-electron chi connectivity index (χ0n) is 12.3. The molecule has 0 saturated heterocycles. The SMILES string of the molecule is CCC(=O)N[C@@H](CCSC)C(=O)Nc1nc(C)c(C)s1. The van der Waals surface area contributed by atoms with Gasteiger partial charge in [0.2, 0.25) is 11.8 Å². The summed E-state index contributed by atoms with van der Waals surface area (Å²) < 4.78 is 0. The van der Waals surface area contributed by atoms with E-state index in [0.29, 0.717) is 18.0 Å². The number of aromatic nitrogens is 1. The summed E-state index contributed by atoms with van der Waals surface area (Å²) in [6, 6.07) is -0.501. The van der Waals surface area contributed by atoms with E-state index >= 15 is 0 Å². The van der Waals surface area contributed by atoms with Gasteiger partial charge in [-0.15, -0.1) is 11.3 Å². The molecule has 1 aromatic rings. The Hall–Kier alpha value is -1.08. The predicted octanol–water partition coefficient (Wildman–Crippen LogP) is 2.35. The second-order valence-electron chi connectivity index (χ2n) is 4.40. The minimum atomic E-state index is -0.501. The summed E-state index contributed by atoms with van der Waals surface area (Å²) in [5.74, 6) is 0.505. The van der Waals surface area contributed by atoms with Gasteiger partial charge in [0.25, 0.3) is 0 Å². The molecule has 0 aliphatic heterocycles. The Balaban J connectivity index is 2.68. The summed E-state index contributed by atoms with van der Waals surface area (Å²) in [5, 5.41) is 6.13. The molecule has 0 aliphatic carbocycles. The molecule has 2 N–H and O–H groups in total. The monoisotopic (exact) mass is 315 g/mol. The molecule has 1 rings (SSSR count). The largest absolute Gasteiger partial charge is 0.344 e. The van der Waals surface area contributed by atoms with E-state index in [-0.39, 0.29) is 11.8 Å². The number of aryl methyl sites for hydroxylation is 2. The van der Waals surface area contributed by atoms with Gasteiger partial charge in [-0.2, -0.15) is 11.8 Å². The fraction of sp³-hybridized carbons (Fsp3) is 0.615. The molecular weight excluding hydrogens is 294 g/mol.